The van der Waals surface area contributed by atoms with Crippen LogP contribution in [-0.2, 0) is 0 Å². The number of rotatable bonds is 1. The van der Waals surface area contributed by atoms with Crippen LogP contribution < -0.4 is 5.43 Å². The minimum atomic E-state index is -1.13. The molecule has 3 rings (SSSR count). The average molecular weight is 245 g/mol. The molecule has 0 radical (unpaired) electrons. The summed E-state index contributed by atoms with van der Waals surface area (Å²) in [5, 5.41) is 9.79. The maximum absolute atomic E-state index is 11.8. The van der Waals surface area contributed by atoms with E-state index in [1.807, 2.05) is 24.3 Å². The fourth-order valence-corrected chi connectivity index (χ4v) is 2.89. The molecule has 0 fully saturated rings. The van der Waals surface area contributed by atoms with Crippen LogP contribution >= 0.6 is 11.3 Å². The third-order valence-electron chi connectivity index (χ3n) is 2.58. The van der Waals surface area contributed by atoms with Crippen molar-refractivity contribution in [3.05, 3.63) is 46.2 Å². The summed E-state index contributed by atoms with van der Waals surface area (Å²) in [4.78, 5) is 25.5. The number of hydrogen-bond donors (Lipinski definition) is 2. The van der Waals surface area contributed by atoms with Crippen LogP contribution in [-0.4, -0.2) is 16.1 Å². The van der Waals surface area contributed by atoms with Crippen molar-refractivity contribution in [1.29, 1.82) is 0 Å². The van der Waals surface area contributed by atoms with Gasteiger partial charge < -0.3 is 10.1 Å². The summed E-state index contributed by atoms with van der Waals surface area (Å²) < 4.78 is 1.54. The van der Waals surface area contributed by atoms with Crippen molar-refractivity contribution in [3.63, 3.8) is 0 Å². The van der Waals surface area contributed by atoms with Gasteiger partial charge in [-0.05, 0) is 6.07 Å². The van der Waals surface area contributed by atoms with Crippen LogP contribution in [0.25, 0.3) is 20.3 Å². The molecule has 0 unspecified atom stereocenters. The van der Waals surface area contributed by atoms with E-state index in [-0.39, 0.29) is 11.1 Å². The molecule has 0 aliphatic rings. The van der Waals surface area contributed by atoms with Gasteiger partial charge in [-0.1, -0.05) is 18.2 Å². The van der Waals surface area contributed by atoms with Gasteiger partial charge >= 0.3 is 5.97 Å². The van der Waals surface area contributed by atoms with E-state index in [1.54, 1.807) is 0 Å². The molecule has 0 saturated heterocycles. The number of benzene rings is 1. The van der Waals surface area contributed by atoms with E-state index >= 15 is 0 Å². The molecule has 2 N–H and O–H groups in total. The second-order valence-electron chi connectivity index (χ2n) is 3.65. The fourth-order valence-electron chi connectivity index (χ4n) is 1.83. The summed E-state index contributed by atoms with van der Waals surface area (Å²) in [7, 11) is 0. The molecule has 0 bridgehead atoms. The number of fused-ring (bicyclic) bond motifs is 3. The molecule has 0 amide bonds. The monoisotopic (exact) mass is 245 g/mol. The minimum absolute atomic E-state index is 0.0777. The highest BCUT2D eigenvalue weighted by molar-refractivity contribution is 7.25. The molecule has 1 aromatic carbocycles. The van der Waals surface area contributed by atoms with Crippen molar-refractivity contribution in [2.24, 2.45) is 0 Å². The molecule has 84 valence electrons. The van der Waals surface area contributed by atoms with Crippen LogP contribution in [0.5, 0.6) is 0 Å². The van der Waals surface area contributed by atoms with E-state index < -0.39 is 5.97 Å². The number of thiophene rings is 1. The van der Waals surface area contributed by atoms with E-state index in [9.17, 15) is 9.59 Å². The second kappa shape index (κ2) is 3.43. The van der Waals surface area contributed by atoms with Gasteiger partial charge in [-0.3, -0.25) is 4.79 Å². The second-order valence-corrected chi connectivity index (χ2v) is 4.71. The van der Waals surface area contributed by atoms with Crippen LogP contribution in [0.4, 0.5) is 0 Å². The normalized spacial score (nSPS) is 11.1. The quantitative estimate of drug-likeness (QED) is 0.691. The molecule has 0 atom stereocenters. The van der Waals surface area contributed by atoms with Crippen LogP contribution in [0.2, 0.25) is 0 Å². The number of nitrogens with one attached hydrogen (secondary N) is 1. The largest absolute Gasteiger partial charge is 0.477 e. The number of carbonyl (C=O) groups is 1. The number of H-pyrrole nitrogens is 1. The van der Waals surface area contributed by atoms with Crippen LogP contribution in [0.15, 0.2) is 35.1 Å². The lowest BCUT2D eigenvalue weighted by molar-refractivity contribution is 0.0691. The molecule has 2 aromatic heterocycles. The SMILES string of the molecule is O=C(O)c1cc(=O)c2sc3ccccc3c2[nH]1. The topological polar surface area (TPSA) is 70.2 Å². The Hall–Kier alpha value is -2.14. The van der Waals surface area contributed by atoms with E-state index in [2.05, 4.69) is 4.98 Å². The first-order chi connectivity index (χ1) is 8.16. The Morgan fingerprint density at radius 1 is 1.29 bits per heavy atom. The Bertz CT molecular complexity index is 800. The van der Waals surface area contributed by atoms with Gasteiger partial charge in [-0.15, -0.1) is 11.3 Å². The van der Waals surface area contributed by atoms with Crippen LogP contribution in [0.3, 0.4) is 0 Å². The number of aromatic carboxylic acids is 1. The van der Waals surface area contributed by atoms with E-state index in [0.29, 0.717) is 10.2 Å². The van der Waals surface area contributed by atoms with E-state index in [4.69, 9.17) is 5.11 Å². The van der Waals surface area contributed by atoms with Crippen molar-refractivity contribution < 1.29 is 9.90 Å². The van der Waals surface area contributed by atoms with Gasteiger partial charge in [0.2, 0.25) is 0 Å². The summed E-state index contributed by atoms with van der Waals surface area (Å²) in [5.41, 5.74) is 0.277. The van der Waals surface area contributed by atoms with Gasteiger partial charge in [0.25, 0.3) is 0 Å². The maximum Gasteiger partial charge on any atom is 0.352 e. The highest BCUT2D eigenvalue weighted by atomic mass is 32.1. The highest BCUT2D eigenvalue weighted by Gasteiger charge is 2.12. The summed E-state index contributed by atoms with van der Waals surface area (Å²) in [6.07, 6.45) is 0. The molecular weight excluding hydrogens is 238 g/mol. The first kappa shape index (κ1) is 10.0. The summed E-state index contributed by atoms with van der Waals surface area (Å²) >= 11 is 1.37. The first-order valence-corrected chi connectivity index (χ1v) is 5.76. The Labute approximate surface area is 99.1 Å². The van der Waals surface area contributed by atoms with Gasteiger partial charge in [0.1, 0.15) is 5.69 Å². The highest BCUT2D eigenvalue weighted by Crippen LogP contribution is 2.30. The van der Waals surface area contributed by atoms with Crippen LogP contribution in [0, 0.1) is 0 Å². The van der Waals surface area contributed by atoms with Crippen molar-refractivity contribution in [2.75, 3.05) is 0 Å². The van der Waals surface area contributed by atoms with E-state index in [1.165, 1.54) is 11.3 Å². The number of aromatic amines is 1. The van der Waals surface area contributed by atoms with Gasteiger partial charge in [0.05, 0.1) is 10.2 Å². The van der Waals surface area contributed by atoms with Gasteiger partial charge in [0.15, 0.2) is 5.43 Å². The molecular formula is C12H7NO3S. The zero-order chi connectivity index (χ0) is 12.0. The zero-order valence-corrected chi connectivity index (χ0v) is 9.38. The molecule has 0 aliphatic heterocycles. The third kappa shape index (κ3) is 1.43. The van der Waals surface area contributed by atoms with Crippen LogP contribution in [0.1, 0.15) is 10.5 Å². The molecule has 17 heavy (non-hydrogen) atoms. The maximum atomic E-state index is 11.8. The van der Waals surface area contributed by atoms with Crippen molar-refractivity contribution in [2.45, 2.75) is 0 Å². The standard InChI is InChI=1S/C12H7NO3S/c14-8-5-7(12(15)16)13-10-6-3-1-2-4-9(6)17-11(8)10/h1-5H,(H,13,14)(H,15,16). The first-order valence-electron chi connectivity index (χ1n) is 4.94. The average Bonchev–Trinajstić information content (AvgIpc) is 2.68. The number of carboxylic acids is 1. The predicted octanol–water partition coefficient (Wildman–Crippen LogP) is 2.44. The number of pyridine rings is 1. The lowest BCUT2D eigenvalue weighted by Crippen LogP contribution is -2.07. The Morgan fingerprint density at radius 2 is 2.06 bits per heavy atom. The summed E-state index contributed by atoms with van der Waals surface area (Å²) in [6.45, 7) is 0. The van der Waals surface area contributed by atoms with Gasteiger partial charge in [-0.25, -0.2) is 4.79 Å². The molecule has 5 heteroatoms. The lowest BCUT2D eigenvalue weighted by Gasteiger charge is -1.96. The molecule has 0 saturated carbocycles. The van der Waals surface area contributed by atoms with Crippen molar-refractivity contribution >= 4 is 37.6 Å². The minimum Gasteiger partial charge on any atom is -0.477 e. The third-order valence-corrected chi connectivity index (χ3v) is 3.77. The van der Waals surface area contributed by atoms with Crippen molar-refractivity contribution in [3.8, 4) is 0 Å². The molecule has 3 aromatic rings. The molecule has 2 heterocycles. The summed E-state index contributed by atoms with van der Waals surface area (Å²) in [6, 6.07) is 8.66. The Kier molecular flexibility index (Phi) is 2.02. The van der Waals surface area contributed by atoms with Crippen molar-refractivity contribution in [1.82, 2.24) is 4.98 Å². The van der Waals surface area contributed by atoms with E-state index in [0.717, 1.165) is 16.2 Å². The molecule has 4 nitrogen and oxygen atoms in total. The van der Waals surface area contributed by atoms with Gasteiger partial charge in [-0.2, -0.15) is 0 Å². The Balaban J connectivity index is 2.55. The number of aromatic nitrogens is 1. The number of hydrogen-bond acceptors (Lipinski definition) is 3. The summed E-state index contributed by atoms with van der Waals surface area (Å²) in [5.74, 6) is -1.13. The number of carboxylic acid groups (broad SMARTS) is 1. The molecule has 0 aliphatic carbocycles. The zero-order valence-electron chi connectivity index (χ0n) is 8.56. The fraction of sp³-hybridized carbons (Fsp3) is 0. The smallest absolute Gasteiger partial charge is 0.352 e. The lowest BCUT2D eigenvalue weighted by atomic mass is 10.2. The molecule has 0 spiro atoms. The predicted molar refractivity (Wildman–Crippen MR) is 66.9 cm³/mol. The Morgan fingerprint density at radius 3 is 2.82 bits per heavy atom. The van der Waals surface area contributed by atoms with Gasteiger partial charge in [0, 0.05) is 16.2 Å².